The van der Waals surface area contributed by atoms with E-state index in [9.17, 15) is 19.8 Å². The Balaban J connectivity index is 1.71. The highest BCUT2D eigenvalue weighted by molar-refractivity contribution is 5.88. The van der Waals surface area contributed by atoms with Crippen LogP contribution < -0.4 is 0 Å². The maximum atomic E-state index is 12.9. The van der Waals surface area contributed by atoms with Crippen LogP contribution in [0.3, 0.4) is 0 Å². The van der Waals surface area contributed by atoms with E-state index in [1.807, 2.05) is 0 Å². The molecule has 0 aliphatic heterocycles. The van der Waals surface area contributed by atoms with Gasteiger partial charge in [0.15, 0.2) is 0 Å². The molecule has 23 heavy (non-hydrogen) atoms. The fourth-order valence-corrected chi connectivity index (χ4v) is 6.89. The first kappa shape index (κ1) is 15.8. The standard InChI is InChI=1S/C19H28O4/c1-18-7-5-12-10(11(18)3-4-15(18)22)9-14(21)16-17(23)13(20)6-8-19(12,16)2/h10-13,16-17,20,23H,3-9H2,1-2H3/t10-,11-,12-,13-,16-,17?,18-,19+/m0/s1. The Labute approximate surface area is 137 Å². The van der Waals surface area contributed by atoms with Crippen molar-refractivity contribution >= 4 is 11.6 Å². The number of rotatable bonds is 0. The number of ketones is 2. The van der Waals surface area contributed by atoms with E-state index in [1.54, 1.807) is 0 Å². The van der Waals surface area contributed by atoms with E-state index in [2.05, 4.69) is 13.8 Å². The van der Waals surface area contributed by atoms with Gasteiger partial charge in [-0.05, 0) is 55.3 Å². The number of aliphatic hydroxyl groups is 2. The SMILES string of the molecule is C[C@]12CC[C@H](O)C(O)[C@@H]1C(=O)C[C@@H]1[C@@H]2CC[C@]2(C)C(=O)CC[C@@H]12. The molecule has 4 fully saturated rings. The van der Waals surface area contributed by atoms with Gasteiger partial charge in [-0.2, -0.15) is 0 Å². The zero-order valence-corrected chi connectivity index (χ0v) is 14.1. The van der Waals surface area contributed by atoms with E-state index >= 15 is 0 Å². The lowest BCUT2D eigenvalue weighted by Crippen LogP contribution is -2.61. The molecule has 0 aromatic carbocycles. The molecule has 0 aromatic rings. The molecule has 1 unspecified atom stereocenters. The van der Waals surface area contributed by atoms with Gasteiger partial charge in [0.1, 0.15) is 11.6 Å². The lowest BCUT2D eigenvalue weighted by atomic mass is 9.44. The Bertz CT molecular complexity index is 558. The van der Waals surface area contributed by atoms with Crippen molar-refractivity contribution in [1.29, 1.82) is 0 Å². The van der Waals surface area contributed by atoms with Crippen molar-refractivity contribution in [3.05, 3.63) is 0 Å². The van der Waals surface area contributed by atoms with E-state index in [1.165, 1.54) is 0 Å². The Morgan fingerprint density at radius 2 is 1.74 bits per heavy atom. The van der Waals surface area contributed by atoms with Gasteiger partial charge in [0.25, 0.3) is 0 Å². The van der Waals surface area contributed by atoms with Crippen molar-refractivity contribution in [2.24, 2.45) is 34.5 Å². The topological polar surface area (TPSA) is 74.6 Å². The molecule has 4 aliphatic carbocycles. The second-order valence-corrected chi connectivity index (χ2v) is 9.05. The molecule has 4 saturated carbocycles. The normalized spacial score (nSPS) is 56.0. The Morgan fingerprint density at radius 3 is 2.48 bits per heavy atom. The van der Waals surface area contributed by atoms with Crippen LogP contribution in [0, 0.1) is 34.5 Å². The van der Waals surface area contributed by atoms with Crippen LogP contribution in [0.15, 0.2) is 0 Å². The van der Waals surface area contributed by atoms with Crippen molar-refractivity contribution in [2.75, 3.05) is 0 Å². The third-order valence-corrected chi connectivity index (χ3v) is 8.20. The van der Waals surface area contributed by atoms with Gasteiger partial charge in [-0.15, -0.1) is 0 Å². The molecule has 8 atom stereocenters. The summed E-state index contributed by atoms with van der Waals surface area (Å²) in [5.41, 5.74) is -0.441. The molecule has 4 rings (SSSR count). The van der Waals surface area contributed by atoms with Gasteiger partial charge >= 0.3 is 0 Å². The molecule has 4 nitrogen and oxygen atoms in total. The van der Waals surface area contributed by atoms with Crippen molar-refractivity contribution in [3.63, 3.8) is 0 Å². The minimum Gasteiger partial charge on any atom is -0.390 e. The second kappa shape index (κ2) is 4.89. The molecule has 0 amide bonds. The lowest BCUT2D eigenvalue weighted by molar-refractivity contribution is -0.181. The molecular weight excluding hydrogens is 292 g/mol. The van der Waals surface area contributed by atoms with Crippen LogP contribution in [0.4, 0.5) is 0 Å². The maximum Gasteiger partial charge on any atom is 0.139 e. The third kappa shape index (κ3) is 1.91. The van der Waals surface area contributed by atoms with Crippen molar-refractivity contribution in [1.82, 2.24) is 0 Å². The quantitative estimate of drug-likeness (QED) is 0.717. The molecule has 4 heteroatoms. The molecule has 2 N–H and O–H groups in total. The van der Waals surface area contributed by atoms with Crippen molar-refractivity contribution < 1.29 is 19.8 Å². The Morgan fingerprint density at radius 1 is 1.00 bits per heavy atom. The van der Waals surface area contributed by atoms with E-state index < -0.39 is 18.1 Å². The Hall–Kier alpha value is -0.740. The number of hydrogen-bond acceptors (Lipinski definition) is 4. The smallest absolute Gasteiger partial charge is 0.139 e. The van der Waals surface area contributed by atoms with Crippen molar-refractivity contribution in [2.45, 2.75) is 71.0 Å². The van der Waals surface area contributed by atoms with Gasteiger partial charge in [-0.25, -0.2) is 0 Å². The summed E-state index contributed by atoms with van der Waals surface area (Å²) >= 11 is 0. The monoisotopic (exact) mass is 320 g/mol. The van der Waals surface area contributed by atoms with Gasteiger partial charge in [-0.1, -0.05) is 13.8 Å². The molecule has 0 saturated heterocycles. The summed E-state index contributed by atoms with van der Waals surface area (Å²) in [6, 6.07) is 0. The third-order valence-electron chi connectivity index (χ3n) is 8.20. The summed E-state index contributed by atoms with van der Waals surface area (Å²) < 4.78 is 0. The van der Waals surface area contributed by atoms with E-state index in [0.717, 1.165) is 25.7 Å². The van der Waals surface area contributed by atoms with Gasteiger partial charge in [-0.3, -0.25) is 9.59 Å². The number of fused-ring (bicyclic) bond motifs is 5. The highest BCUT2D eigenvalue weighted by Gasteiger charge is 2.63. The predicted molar refractivity (Wildman–Crippen MR) is 84.5 cm³/mol. The minimum atomic E-state index is -0.916. The maximum absolute atomic E-state index is 12.9. The van der Waals surface area contributed by atoms with Crippen LogP contribution in [0.25, 0.3) is 0 Å². The number of carbonyl (C=O) groups excluding carboxylic acids is 2. The largest absolute Gasteiger partial charge is 0.390 e. The molecule has 0 heterocycles. The van der Waals surface area contributed by atoms with Gasteiger partial charge in [0, 0.05) is 18.3 Å². The highest BCUT2D eigenvalue weighted by Crippen LogP contribution is 2.64. The van der Waals surface area contributed by atoms with Crippen molar-refractivity contribution in [3.8, 4) is 0 Å². The predicted octanol–water partition coefficient (Wildman–Crippen LogP) is 2.11. The summed E-state index contributed by atoms with van der Waals surface area (Å²) in [4.78, 5) is 25.2. The number of Topliss-reactive ketones (excluding diaryl/α,β-unsaturated/α-hetero) is 2. The van der Waals surface area contributed by atoms with Crippen LogP contribution in [0.2, 0.25) is 0 Å². The van der Waals surface area contributed by atoms with Crippen LogP contribution in [-0.2, 0) is 9.59 Å². The first-order valence-electron chi connectivity index (χ1n) is 9.21. The first-order valence-corrected chi connectivity index (χ1v) is 9.21. The van der Waals surface area contributed by atoms with Crippen LogP contribution in [0.5, 0.6) is 0 Å². The molecule has 0 radical (unpaired) electrons. The zero-order chi connectivity index (χ0) is 16.6. The molecular formula is C19H28O4. The van der Waals surface area contributed by atoms with E-state index in [0.29, 0.717) is 36.9 Å². The average Bonchev–Trinajstić information content (AvgIpc) is 2.79. The first-order chi connectivity index (χ1) is 10.8. The van der Waals surface area contributed by atoms with Crippen LogP contribution >= 0.6 is 0 Å². The Kier molecular flexibility index (Phi) is 3.35. The summed E-state index contributed by atoms with van der Waals surface area (Å²) in [6.45, 7) is 4.27. The molecule has 0 spiro atoms. The fraction of sp³-hybridized carbons (Fsp3) is 0.895. The van der Waals surface area contributed by atoms with Crippen LogP contribution in [-0.4, -0.2) is 34.0 Å². The number of carbonyl (C=O) groups is 2. The van der Waals surface area contributed by atoms with Crippen LogP contribution in [0.1, 0.15) is 58.8 Å². The summed E-state index contributed by atoms with van der Waals surface area (Å²) in [5.74, 6) is 1.10. The highest BCUT2D eigenvalue weighted by atomic mass is 16.3. The molecule has 4 aliphatic rings. The number of hydrogen-bond donors (Lipinski definition) is 2. The van der Waals surface area contributed by atoms with E-state index in [-0.39, 0.29) is 22.5 Å². The average molecular weight is 320 g/mol. The number of aliphatic hydroxyl groups excluding tert-OH is 2. The zero-order valence-electron chi connectivity index (χ0n) is 14.1. The van der Waals surface area contributed by atoms with E-state index in [4.69, 9.17) is 0 Å². The molecule has 0 aromatic heterocycles. The second-order valence-electron chi connectivity index (χ2n) is 9.05. The summed E-state index contributed by atoms with van der Waals surface area (Å²) in [7, 11) is 0. The summed E-state index contributed by atoms with van der Waals surface area (Å²) in [5, 5.41) is 20.5. The lowest BCUT2D eigenvalue weighted by Gasteiger charge is -2.60. The molecule has 0 bridgehead atoms. The fourth-order valence-electron chi connectivity index (χ4n) is 6.89. The van der Waals surface area contributed by atoms with Gasteiger partial charge in [0.05, 0.1) is 18.1 Å². The summed E-state index contributed by atoms with van der Waals surface area (Å²) in [6.07, 6.45) is 3.68. The van der Waals surface area contributed by atoms with Gasteiger partial charge in [0.2, 0.25) is 0 Å². The minimum absolute atomic E-state index is 0.114. The van der Waals surface area contributed by atoms with Gasteiger partial charge < -0.3 is 10.2 Å². The molecule has 128 valence electrons.